The summed E-state index contributed by atoms with van der Waals surface area (Å²) in [6.07, 6.45) is 1.85. The van der Waals surface area contributed by atoms with Gasteiger partial charge in [-0.05, 0) is 24.6 Å². The number of fused-ring (bicyclic) bond motifs is 1. The van der Waals surface area contributed by atoms with Crippen molar-refractivity contribution in [3.8, 4) is 17.2 Å². The third-order valence-corrected chi connectivity index (χ3v) is 4.27. The smallest absolute Gasteiger partial charge is 0.387 e. The molecule has 0 bridgehead atoms. The summed E-state index contributed by atoms with van der Waals surface area (Å²) >= 11 is 0. The Labute approximate surface area is 177 Å². The highest BCUT2D eigenvalue weighted by molar-refractivity contribution is 5.90. The van der Waals surface area contributed by atoms with Gasteiger partial charge in [0.15, 0.2) is 17.5 Å². The molecule has 9 nitrogen and oxygen atoms in total. The minimum Gasteiger partial charge on any atom is -0.454 e. The molecule has 2 aromatic rings. The first-order chi connectivity index (χ1) is 14.9. The van der Waals surface area contributed by atoms with E-state index in [1.54, 1.807) is 25.4 Å². The van der Waals surface area contributed by atoms with Crippen LogP contribution in [0.2, 0.25) is 0 Å². The van der Waals surface area contributed by atoms with E-state index in [1.807, 2.05) is 13.0 Å². The molecule has 0 spiro atoms. The van der Waals surface area contributed by atoms with E-state index in [1.165, 1.54) is 6.07 Å². The van der Waals surface area contributed by atoms with Crippen molar-refractivity contribution >= 4 is 17.7 Å². The lowest BCUT2D eigenvalue weighted by Gasteiger charge is -2.15. The summed E-state index contributed by atoms with van der Waals surface area (Å²) in [4.78, 5) is 20.2. The molecule has 0 saturated heterocycles. The number of aliphatic imine (C=N–C) groups is 1. The van der Waals surface area contributed by atoms with E-state index >= 15 is 0 Å². The van der Waals surface area contributed by atoms with Crippen molar-refractivity contribution in [1.29, 1.82) is 0 Å². The van der Waals surface area contributed by atoms with Crippen LogP contribution >= 0.6 is 0 Å². The summed E-state index contributed by atoms with van der Waals surface area (Å²) < 4.78 is 40.6. The molecule has 3 rings (SSSR count). The molecule has 0 radical (unpaired) electrons. The fourth-order valence-electron chi connectivity index (χ4n) is 2.75. The number of ether oxygens (including phenoxy) is 3. The minimum atomic E-state index is -2.97. The highest BCUT2D eigenvalue weighted by Crippen LogP contribution is 2.38. The Morgan fingerprint density at radius 1 is 1.26 bits per heavy atom. The molecule has 3 N–H and O–H groups in total. The van der Waals surface area contributed by atoms with E-state index in [0.29, 0.717) is 35.4 Å². The van der Waals surface area contributed by atoms with Crippen LogP contribution in [0.1, 0.15) is 17.5 Å². The number of benzene rings is 1. The van der Waals surface area contributed by atoms with Crippen molar-refractivity contribution in [1.82, 2.24) is 15.6 Å². The number of pyridine rings is 1. The largest absolute Gasteiger partial charge is 0.454 e. The number of rotatable bonds is 8. The van der Waals surface area contributed by atoms with E-state index in [0.717, 1.165) is 5.56 Å². The third kappa shape index (κ3) is 6.43. The van der Waals surface area contributed by atoms with Crippen molar-refractivity contribution < 1.29 is 27.8 Å². The number of aryl methyl sites for hydroxylation is 1. The highest BCUT2D eigenvalue weighted by Gasteiger charge is 2.20. The SMILES string of the molecule is CN=C(NCCC(=O)Nc1ccc(C)cn1)NCc1cc2c(cc1OC(F)F)OCO2. The number of carbonyl (C=O) groups is 1. The number of nitrogens with one attached hydrogen (secondary N) is 3. The summed E-state index contributed by atoms with van der Waals surface area (Å²) in [5.41, 5.74) is 1.44. The van der Waals surface area contributed by atoms with Crippen LogP contribution in [0, 0.1) is 6.92 Å². The number of hydrogen-bond acceptors (Lipinski definition) is 6. The first-order valence-electron chi connectivity index (χ1n) is 9.49. The number of aromatic nitrogens is 1. The van der Waals surface area contributed by atoms with Gasteiger partial charge in [-0.15, -0.1) is 0 Å². The first kappa shape index (κ1) is 22.1. The standard InChI is InChI=1S/C20H23F2N5O4/c1-12-3-4-17(25-9-12)27-18(28)5-6-24-20(23-2)26-10-13-7-15-16(30-11-29-15)8-14(13)31-19(21)22/h3-4,7-9,19H,5-6,10-11H2,1-2H3,(H2,23,24,26)(H,25,27,28). The van der Waals surface area contributed by atoms with Crippen LogP contribution in [-0.2, 0) is 11.3 Å². The Kier molecular flexibility index (Phi) is 7.41. The second-order valence-corrected chi connectivity index (χ2v) is 6.56. The lowest BCUT2D eigenvalue weighted by molar-refractivity contribution is -0.116. The number of carbonyl (C=O) groups excluding carboxylic acids is 1. The summed E-state index contributed by atoms with van der Waals surface area (Å²) in [6, 6.07) is 6.52. The number of alkyl halides is 2. The Morgan fingerprint density at radius 2 is 2.03 bits per heavy atom. The van der Waals surface area contributed by atoms with E-state index in [-0.39, 0.29) is 31.4 Å². The molecule has 0 fully saturated rings. The maximum absolute atomic E-state index is 12.7. The van der Waals surface area contributed by atoms with Crippen molar-refractivity contribution in [3.05, 3.63) is 41.6 Å². The Balaban J connectivity index is 1.50. The first-order valence-corrected chi connectivity index (χ1v) is 9.49. The predicted octanol–water partition coefficient (Wildman–Crippen LogP) is 2.41. The molecule has 31 heavy (non-hydrogen) atoms. The average Bonchev–Trinajstić information content (AvgIpc) is 3.19. The number of anilines is 1. The van der Waals surface area contributed by atoms with Crippen LogP contribution in [0.3, 0.4) is 0 Å². The van der Waals surface area contributed by atoms with E-state index in [2.05, 4.69) is 30.7 Å². The molecular formula is C20H23F2N5O4. The van der Waals surface area contributed by atoms with Crippen LogP contribution < -0.4 is 30.2 Å². The third-order valence-electron chi connectivity index (χ3n) is 4.27. The molecule has 0 atom stereocenters. The topological polar surface area (TPSA) is 106 Å². The monoisotopic (exact) mass is 435 g/mol. The zero-order valence-electron chi connectivity index (χ0n) is 17.1. The van der Waals surface area contributed by atoms with Gasteiger partial charge in [0.2, 0.25) is 12.7 Å². The molecule has 1 aliphatic rings. The van der Waals surface area contributed by atoms with E-state index in [4.69, 9.17) is 9.47 Å². The average molecular weight is 435 g/mol. The van der Waals surface area contributed by atoms with Gasteiger partial charge in [-0.25, -0.2) is 4.98 Å². The quantitative estimate of drug-likeness (QED) is 0.432. The van der Waals surface area contributed by atoms with Gasteiger partial charge in [0.1, 0.15) is 11.6 Å². The number of nitrogens with zero attached hydrogens (tertiary/aromatic N) is 2. The van der Waals surface area contributed by atoms with E-state index < -0.39 is 6.61 Å². The van der Waals surface area contributed by atoms with Crippen LogP contribution in [-0.4, -0.2) is 43.8 Å². The van der Waals surface area contributed by atoms with Crippen molar-refractivity contribution in [2.24, 2.45) is 4.99 Å². The van der Waals surface area contributed by atoms with E-state index in [9.17, 15) is 13.6 Å². The van der Waals surface area contributed by atoms with Crippen LogP contribution in [0.15, 0.2) is 35.5 Å². The predicted molar refractivity (Wildman–Crippen MR) is 110 cm³/mol. The van der Waals surface area contributed by atoms with Crippen LogP contribution in [0.25, 0.3) is 0 Å². The van der Waals surface area contributed by atoms with Gasteiger partial charge in [0.25, 0.3) is 0 Å². The van der Waals surface area contributed by atoms with Gasteiger partial charge in [0, 0.05) is 44.4 Å². The number of amides is 1. The second-order valence-electron chi connectivity index (χ2n) is 6.56. The van der Waals surface area contributed by atoms with Crippen molar-refractivity contribution in [2.75, 3.05) is 25.7 Å². The maximum Gasteiger partial charge on any atom is 0.387 e. The number of halogens is 2. The molecule has 166 valence electrons. The minimum absolute atomic E-state index is 0.0176. The molecule has 1 aromatic carbocycles. The normalized spacial score (nSPS) is 12.6. The lowest BCUT2D eigenvalue weighted by atomic mass is 10.1. The Morgan fingerprint density at radius 3 is 2.71 bits per heavy atom. The molecule has 0 saturated carbocycles. The fraction of sp³-hybridized carbons (Fsp3) is 0.350. The molecule has 1 aromatic heterocycles. The van der Waals surface area contributed by atoms with Gasteiger partial charge < -0.3 is 30.2 Å². The molecular weight excluding hydrogens is 412 g/mol. The summed E-state index contributed by atoms with van der Waals surface area (Å²) in [7, 11) is 1.56. The van der Waals surface area contributed by atoms with Gasteiger partial charge in [-0.2, -0.15) is 8.78 Å². The fourth-order valence-corrected chi connectivity index (χ4v) is 2.75. The zero-order valence-corrected chi connectivity index (χ0v) is 17.1. The lowest BCUT2D eigenvalue weighted by Crippen LogP contribution is -2.38. The van der Waals surface area contributed by atoms with Crippen molar-refractivity contribution in [3.63, 3.8) is 0 Å². The summed E-state index contributed by atoms with van der Waals surface area (Å²) in [5.74, 6) is 1.43. The Hall–Kier alpha value is -3.63. The van der Waals surface area contributed by atoms with Crippen LogP contribution in [0.5, 0.6) is 17.2 Å². The molecule has 11 heteroatoms. The van der Waals surface area contributed by atoms with Gasteiger partial charge in [-0.3, -0.25) is 9.79 Å². The maximum atomic E-state index is 12.7. The highest BCUT2D eigenvalue weighted by atomic mass is 19.3. The summed E-state index contributed by atoms with van der Waals surface area (Å²) in [5, 5.41) is 8.69. The second kappa shape index (κ2) is 10.4. The molecule has 1 amide bonds. The number of hydrogen-bond donors (Lipinski definition) is 3. The molecule has 0 unspecified atom stereocenters. The van der Waals surface area contributed by atoms with Gasteiger partial charge in [-0.1, -0.05) is 6.07 Å². The molecule has 0 aliphatic carbocycles. The number of guanidine groups is 1. The summed E-state index contributed by atoms with van der Waals surface area (Å²) in [6.45, 7) is -0.605. The Bertz CT molecular complexity index is 938. The van der Waals surface area contributed by atoms with Crippen molar-refractivity contribution in [2.45, 2.75) is 26.5 Å². The van der Waals surface area contributed by atoms with Gasteiger partial charge in [0.05, 0.1) is 0 Å². The van der Waals surface area contributed by atoms with Crippen LogP contribution in [0.4, 0.5) is 14.6 Å². The molecule has 1 aliphatic heterocycles. The van der Waals surface area contributed by atoms with Gasteiger partial charge >= 0.3 is 6.61 Å². The molecule has 2 heterocycles. The zero-order chi connectivity index (χ0) is 22.2.